The van der Waals surface area contributed by atoms with Gasteiger partial charge >= 0.3 is 0 Å². The predicted octanol–water partition coefficient (Wildman–Crippen LogP) is 6.33. The van der Waals surface area contributed by atoms with Gasteiger partial charge < -0.3 is 19.8 Å². The molecule has 0 spiro atoms. The molecule has 0 aliphatic rings. The van der Waals surface area contributed by atoms with Gasteiger partial charge in [0.05, 0.1) is 11.7 Å². The van der Waals surface area contributed by atoms with Crippen LogP contribution in [0.15, 0.2) is 73.2 Å². The van der Waals surface area contributed by atoms with Crippen molar-refractivity contribution in [2.45, 2.75) is 32.4 Å². The van der Waals surface area contributed by atoms with E-state index in [-0.39, 0.29) is 0 Å². The van der Waals surface area contributed by atoms with E-state index in [0.29, 0.717) is 24.0 Å². The second kappa shape index (κ2) is 9.48. The molecule has 0 saturated carbocycles. The van der Waals surface area contributed by atoms with Crippen LogP contribution in [0, 0.1) is 0 Å². The minimum atomic E-state index is -1.16. The van der Waals surface area contributed by atoms with E-state index in [1.807, 2.05) is 34.9 Å². The van der Waals surface area contributed by atoms with E-state index in [0.717, 1.165) is 45.8 Å². The number of aromatic nitrogens is 4. The molecule has 3 aromatic heterocycles. The zero-order chi connectivity index (χ0) is 24.4. The number of hydrogen-bond acceptors (Lipinski definition) is 6. The molecule has 0 unspecified atom stereocenters. The van der Waals surface area contributed by atoms with E-state index in [2.05, 4.69) is 49.0 Å². The van der Waals surface area contributed by atoms with E-state index in [9.17, 15) is 0 Å². The van der Waals surface area contributed by atoms with Crippen molar-refractivity contribution in [3.05, 3.63) is 73.2 Å². The first-order chi connectivity index (χ1) is 16.9. The number of nitrogens with zero attached hydrogens (tertiary/aromatic N) is 4. The Bertz CT molecular complexity index is 1490. The summed E-state index contributed by atoms with van der Waals surface area (Å²) < 4.78 is 14.0. The summed E-state index contributed by atoms with van der Waals surface area (Å²) in [6.45, 7) is 8.20. The number of fused-ring (bicyclic) bond motifs is 2. The van der Waals surface area contributed by atoms with Crippen LogP contribution in [0.4, 0.5) is 5.69 Å². The lowest BCUT2D eigenvalue weighted by Crippen LogP contribution is -2.22. The first-order valence-electron chi connectivity index (χ1n) is 11.7. The van der Waals surface area contributed by atoms with Crippen LogP contribution in [-0.2, 0) is 11.5 Å². The Morgan fingerprint density at radius 2 is 1.89 bits per heavy atom. The smallest absolute Gasteiger partial charge is 0.238 e. The molecule has 0 amide bonds. The summed E-state index contributed by atoms with van der Waals surface area (Å²) >= 11 is 0. The van der Waals surface area contributed by atoms with Crippen LogP contribution >= 0.6 is 0 Å². The molecule has 0 fully saturated rings. The average Bonchev–Trinajstić information content (AvgIpc) is 3.19. The number of hydrogen-bond donors (Lipinski definition) is 1. The van der Waals surface area contributed by atoms with E-state index in [4.69, 9.17) is 25.2 Å². The molecule has 35 heavy (non-hydrogen) atoms. The SMILES string of the molecule is C[Si](C)(C)CCOCn1cc(-c2ccc3ncccc3c2)c2nc(Oc3cccc(N)c3)cnc21. The van der Waals surface area contributed by atoms with Gasteiger partial charge in [-0.25, -0.2) is 9.97 Å². The van der Waals surface area contributed by atoms with Crippen LogP contribution in [0.25, 0.3) is 33.2 Å². The van der Waals surface area contributed by atoms with E-state index in [1.54, 1.807) is 18.5 Å². The Kier molecular flexibility index (Phi) is 6.23. The van der Waals surface area contributed by atoms with Crippen molar-refractivity contribution in [2.75, 3.05) is 12.3 Å². The van der Waals surface area contributed by atoms with Gasteiger partial charge in [-0.05, 0) is 41.9 Å². The monoisotopic (exact) mass is 483 g/mol. The second-order valence-electron chi connectivity index (χ2n) is 9.83. The third kappa shape index (κ3) is 5.34. The minimum absolute atomic E-state index is 0.407. The fraction of sp³-hybridized carbons (Fsp3) is 0.222. The Balaban J connectivity index is 1.53. The lowest BCUT2D eigenvalue weighted by Gasteiger charge is -2.15. The number of rotatable bonds is 8. The number of ether oxygens (including phenoxy) is 2. The normalized spacial score (nSPS) is 11.9. The summed E-state index contributed by atoms with van der Waals surface area (Å²) in [7, 11) is -1.16. The van der Waals surface area contributed by atoms with E-state index < -0.39 is 8.07 Å². The van der Waals surface area contributed by atoms with Gasteiger partial charge in [0.15, 0.2) is 5.65 Å². The van der Waals surface area contributed by atoms with Gasteiger partial charge in [-0.1, -0.05) is 37.8 Å². The number of anilines is 1. The predicted molar refractivity (Wildman–Crippen MR) is 143 cm³/mol. The zero-order valence-corrected chi connectivity index (χ0v) is 21.2. The van der Waals surface area contributed by atoms with Gasteiger partial charge in [-0.2, -0.15) is 0 Å². The minimum Gasteiger partial charge on any atom is -0.437 e. The fourth-order valence-electron chi connectivity index (χ4n) is 3.88. The van der Waals surface area contributed by atoms with Crippen LogP contribution in [0.5, 0.6) is 11.6 Å². The van der Waals surface area contributed by atoms with Crippen LogP contribution in [-0.4, -0.2) is 34.2 Å². The van der Waals surface area contributed by atoms with Gasteiger partial charge in [0, 0.05) is 49.8 Å². The first-order valence-corrected chi connectivity index (χ1v) is 15.4. The molecule has 8 heteroatoms. The third-order valence-corrected chi connectivity index (χ3v) is 7.47. The van der Waals surface area contributed by atoms with E-state index in [1.165, 1.54) is 0 Å². The summed E-state index contributed by atoms with van der Waals surface area (Å²) in [5, 5.41) is 1.07. The highest BCUT2D eigenvalue weighted by molar-refractivity contribution is 6.76. The summed E-state index contributed by atoms with van der Waals surface area (Å²) in [4.78, 5) is 14.0. The molecule has 178 valence electrons. The Hall–Kier alpha value is -3.75. The lowest BCUT2D eigenvalue weighted by molar-refractivity contribution is 0.0899. The summed E-state index contributed by atoms with van der Waals surface area (Å²) in [5.74, 6) is 1.02. The molecule has 0 saturated heterocycles. The molecule has 0 bridgehead atoms. The van der Waals surface area contributed by atoms with Crippen molar-refractivity contribution in [1.82, 2.24) is 19.5 Å². The topological polar surface area (TPSA) is 88.1 Å². The summed E-state index contributed by atoms with van der Waals surface area (Å²) in [5.41, 5.74) is 11.0. The quantitative estimate of drug-likeness (QED) is 0.158. The van der Waals surface area contributed by atoms with Crippen molar-refractivity contribution >= 4 is 35.8 Å². The molecule has 7 nitrogen and oxygen atoms in total. The van der Waals surface area contributed by atoms with Crippen molar-refractivity contribution in [1.29, 1.82) is 0 Å². The lowest BCUT2D eigenvalue weighted by atomic mass is 10.1. The largest absolute Gasteiger partial charge is 0.437 e. The summed E-state index contributed by atoms with van der Waals surface area (Å²) in [6.07, 6.45) is 5.50. The van der Waals surface area contributed by atoms with Crippen molar-refractivity contribution in [2.24, 2.45) is 0 Å². The second-order valence-corrected chi connectivity index (χ2v) is 15.4. The van der Waals surface area contributed by atoms with Gasteiger partial charge in [0.2, 0.25) is 5.88 Å². The molecule has 5 aromatic rings. The average molecular weight is 484 g/mol. The number of nitrogens with two attached hydrogens (primary N) is 1. The van der Waals surface area contributed by atoms with Crippen LogP contribution < -0.4 is 10.5 Å². The highest BCUT2D eigenvalue weighted by Crippen LogP contribution is 2.32. The molecule has 5 rings (SSSR count). The molecule has 0 aliphatic heterocycles. The maximum absolute atomic E-state index is 6.04. The maximum Gasteiger partial charge on any atom is 0.238 e. The standard InChI is InChI=1S/C27H29N5O2Si/c1-35(2,3)13-12-33-18-32-17-23(19-9-10-24-20(14-19)6-5-11-29-24)26-27(32)30-16-25(31-26)34-22-8-4-7-21(28)15-22/h4-11,14-17H,12-13,18,28H2,1-3H3. The molecular weight excluding hydrogens is 454 g/mol. The summed E-state index contributed by atoms with van der Waals surface area (Å²) in [6, 6.07) is 18.6. The Morgan fingerprint density at radius 1 is 1.00 bits per heavy atom. The Morgan fingerprint density at radius 3 is 2.71 bits per heavy atom. The third-order valence-electron chi connectivity index (χ3n) is 5.76. The van der Waals surface area contributed by atoms with Crippen molar-refractivity contribution < 1.29 is 9.47 Å². The first kappa shape index (κ1) is 23.0. The van der Waals surface area contributed by atoms with Crippen LogP contribution in [0.1, 0.15) is 0 Å². The molecule has 2 N–H and O–H groups in total. The molecular formula is C27H29N5O2Si. The van der Waals surface area contributed by atoms with Crippen molar-refractivity contribution in [3.63, 3.8) is 0 Å². The molecule has 0 radical (unpaired) electrons. The molecule has 0 aliphatic carbocycles. The van der Waals surface area contributed by atoms with E-state index >= 15 is 0 Å². The number of pyridine rings is 1. The number of nitrogen functional groups attached to an aromatic ring is 1. The Labute approximate surface area is 205 Å². The van der Waals surface area contributed by atoms with Gasteiger partial charge in [0.1, 0.15) is 18.0 Å². The van der Waals surface area contributed by atoms with Gasteiger partial charge in [-0.3, -0.25) is 4.98 Å². The highest BCUT2D eigenvalue weighted by atomic mass is 28.3. The fourth-order valence-corrected chi connectivity index (χ4v) is 4.63. The molecule has 0 atom stereocenters. The maximum atomic E-state index is 6.04. The zero-order valence-electron chi connectivity index (χ0n) is 20.2. The van der Waals surface area contributed by atoms with Crippen LogP contribution in [0.2, 0.25) is 25.7 Å². The van der Waals surface area contributed by atoms with Gasteiger partial charge in [-0.15, -0.1) is 0 Å². The molecule has 3 heterocycles. The number of benzene rings is 2. The van der Waals surface area contributed by atoms with Gasteiger partial charge in [0.25, 0.3) is 0 Å². The van der Waals surface area contributed by atoms with Crippen LogP contribution in [0.3, 0.4) is 0 Å². The molecule has 2 aromatic carbocycles. The highest BCUT2D eigenvalue weighted by Gasteiger charge is 2.17. The van der Waals surface area contributed by atoms with Crippen molar-refractivity contribution in [3.8, 4) is 22.8 Å².